The maximum atomic E-state index is 14.0. The molecule has 1 aliphatic carbocycles. The van der Waals surface area contributed by atoms with Crippen LogP contribution in [0.2, 0.25) is 0 Å². The molecular formula is C12H16FN. The molecule has 0 amide bonds. The van der Waals surface area contributed by atoms with E-state index in [0.29, 0.717) is 6.54 Å². The second-order valence-electron chi connectivity index (χ2n) is 4.34. The normalized spacial score (nSPS) is 20.5. The lowest BCUT2D eigenvalue weighted by molar-refractivity contribution is 0.217. The van der Waals surface area contributed by atoms with Gasteiger partial charge < -0.3 is 5.73 Å². The van der Waals surface area contributed by atoms with Crippen molar-refractivity contribution in [2.75, 3.05) is 6.54 Å². The minimum absolute atomic E-state index is 0.241. The first-order chi connectivity index (χ1) is 6.68. The largest absolute Gasteiger partial charge is 0.330 e. The summed E-state index contributed by atoms with van der Waals surface area (Å²) in [5, 5.41) is 0. The average Bonchev–Trinajstić information content (AvgIpc) is 2.99. The molecule has 2 rings (SSSR count). The van der Waals surface area contributed by atoms with Crippen LogP contribution in [0.4, 0.5) is 4.39 Å². The number of alkyl halides is 1. The first-order valence-corrected chi connectivity index (χ1v) is 5.09. The third kappa shape index (κ3) is 1.55. The van der Waals surface area contributed by atoms with Crippen molar-refractivity contribution in [1.29, 1.82) is 0 Å². The summed E-state index contributed by atoms with van der Waals surface area (Å²) >= 11 is 0. The van der Waals surface area contributed by atoms with Gasteiger partial charge in [-0.1, -0.05) is 29.8 Å². The molecule has 0 aliphatic heterocycles. The van der Waals surface area contributed by atoms with Crippen LogP contribution in [0.25, 0.3) is 0 Å². The van der Waals surface area contributed by atoms with Crippen LogP contribution in [-0.2, 0) is 0 Å². The number of rotatable bonds is 3. The van der Waals surface area contributed by atoms with Crippen LogP contribution < -0.4 is 5.73 Å². The van der Waals surface area contributed by atoms with Gasteiger partial charge in [-0.2, -0.15) is 0 Å². The molecule has 76 valence electrons. The molecule has 0 spiro atoms. The monoisotopic (exact) mass is 193 g/mol. The van der Waals surface area contributed by atoms with Gasteiger partial charge in [0, 0.05) is 12.0 Å². The summed E-state index contributed by atoms with van der Waals surface area (Å²) in [5.41, 5.74) is 7.30. The van der Waals surface area contributed by atoms with Crippen LogP contribution in [0.3, 0.4) is 0 Å². The molecule has 1 nitrogen and oxygen atoms in total. The third-order valence-corrected chi connectivity index (χ3v) is 3.21. The van der Waals surface area contributed by atoms with E-state index in [4.69, 9.17) is 5.73 Å². The van der Waals surface area contributed by atoms with Crippen LogP contribution in [0.15, 0.2) is 24.3 Å². The molecule has 0 saturated heterocycles. The highest BCUT2D eigenvalue weighted by Gasteiger charge is 2.49. The van der Waals surface area contributed by atoms with Gasteiger partial charge in [0.2, 0.25) is 0 Å². The van der Waals surface area contributed by atoms with Gasteiger partial charge in [0.05, 0.1) is 0 Å². The summed E-state index contributed by atoms with van der Waals surface area (Å²) in [7, 11) is 0. The zero-order chi connectivity index (χ0) is 10.2. The Kier molecular flexibility index (Phi) is 2.31. The van der Waals surface area contributed by atoms with Crippen molar-refractivity contribution in [2.24, 2.45) is 11.1 Å². The van der Waals surface area contributed by atoms with E-state index in [1.54, 1.807) is 0 Å². The zero-order valence-electron chi connectivity index (χ0n) is 8.46. The Morgan fingerprint density at radius 2 is 1.93 bits per heavy atom. The van der Waals surface area contributed by atoms with Crippen molar-refractivity contribution in [3.05, 3.63) is 35.4 Å². The summed E-state index contributed by atoms with van der Waals surface area (Å²) in [6.45, 7) is 2.47. The number of halogens is 1. The predicted molar refractivity (Wildman–Crippen MR) is 55.7 cm³/mol. The Balaban J connectivity index is 2.19. The average molecular weight is 193 g/mol. The van der Waals surface area contributed by atoms with E-state index in [-0.39, 0.29) is 5.41 Å². The molecule has 2 heteroatoms. The first-order valence-electron chi connectivity index (χ1n) is 5.09. The van der Waals surface area contributed by atoms with E-state index in [2.05, 4.69) is 0 Å². The molecule has 14 heavy (non-hydrogen) atoms. The van der Waals surface area contributed by atoms with Gasteiger partial charge in [-0.3, -0.25) is 0 Å². The van der Waals surface area contributed by atoms with Gasteiger partial charge in [-0.15, -0.1) is 0 Å². The van der Waals surface area contributed by atoms with Crippen LogP contribution in [0.5, 0.6) is 0 Å². The second kappa shape index (κ2) is 3.35. The minimum Gasteiger partial charge on any atom is -0.330 e. The van der Waals surface area contributed by atoms with Gasteiger partial charge >= 0.3 is 0 Å². The zero-order valence-corrected chi connectivity index (χ0v) is 8.46. The van der Waals surface area contributed by atoms with Crippen LogP contribution in [-0.4, -0.2) is 6.54 Å². The lowest BCUT2D eigenvalue weighted by atomic mass is 9.94. The van der Waals surface area contributed by atoms with Crippen molar-refractivity contribution in [1.82, 2.24) is 0 Å². The lowest BCUT2D eigenvalue weighted by Crippen LogP contribution is -2.20. The number of aryl methyl sites for hydroxylation is 1. The fourth-order valence-electron chi connectivity index (χ4n) is 1.81. The van der Waals surface area contributed by atoms with E-state index in [1.807, 2.05) is 31.2 Å². The minimum atomic E-state index is -0.881. The molecule has 1 fully saturated rings. The quantitative estimate of drug-likeness (QED) is 0.784. The molecule has 1 aromatic rings. The number of benzene rings is 1. The summed E-state index contributed by atoms with van der Waals surface area (Å²) < 4.78 is 14.0. The maximum Gasteiger partial charge on any atom is 0.132 e. The Morgan fingerprint density at radius 1 is 1.36 bits per heavy atom. The van der Waals surface area contributed by atoms with Gasteiger partial charge in [0.1, 0.15) is 6.17 Å². The van der Waals surface area contributed by atoms with Crippen LogP contribution in [0, 0.1) is 12.3 Å². The number of hydrogen-bond donors (Lipinski definition) is 1. The molecule has 0 bridgehead atoms. The van der Waals surface area contributed by atoms with Crippen molar-refractivity contribution in [3.8, 4) is 0 Å². The molecule has 1 aliphatic rings. The standard InChI is InChI=1S/C12H16FN/c1-9-2-4-10(5-3-9)11(13)12(8-14)6-7-12/h2-5,11H,6-8,14H2,1H3. The molecular weight excluding hydrogens is 177 g/mol. The van der Waals surface area contributed by atoms with Gasteiger partial charge in [0.25, 0.3) is 0 Å². The molecule has 0 radical (unpaired) electrons. The highest BCUT2D eigenvalue weighted by atomic mass is 19.1. The van der Waals surface area contributed by atoms with Crippen LogP contribution >= 0.6 is 0 Å². The fraction of sp³-hybridized carbons (Fsp3) is 0.500. The van der Waals surface area contributed by atoms with Gasteiger partial charge in [0.15, 0.2) is 0 Å². The Bertz CT molecular complexity index is 314. The Hall–Kier alpha value is -0.890. The van der Waals surface area contributed by atoms with Crippen molar-refractivity contribution < 1.29 is 4.39 Å². The molecule has 1 saturated carbocycles. The topological polar surface area (TPSA) is 26.0 Å². The molecule has 0 aromatic heterocycles. The van der Waals surface area contributed by atoms with E-state index in [0.717, 1.165) is 18.4 Å². The maximum absolute atomic E-state index is 14.0. The Labute approximate surface area is 84.1 Å². The van der Waals surface area contributed by atoms with Crippen molar-refractivity contribution in [2.45, 2.75) is 25.9 Å². The Morgan fingerprint density at radius 3 is 2.36 bits per heavy atom. The number of nitrogens with two attached hydrogens (primary N) is 1. The van der Waals surface area contributed by atoms with Crippen molar-refractivity contribution >= 4 is 0 Å². The molecule has 1 unspecified atom stereocenters. The predicted octanol–water partition coefficient (Wildman–Crippen LogP) is 2.74. The van der Waals surface area contributed by atoms with E-state index in [9.17, 15) is 4.39 Å². The van der Waals surface area contributed by atoms with E-state index >= 15 is 0 Å². The van der Waals surface area contributed by atoms with Crippen molar-refractivity contribution in [3.63, 3.8) is 0 Å². The smallest absolute Gasteiger partial charge is 0.132 e. The third-order valence-electron chi connectivity index (χ3n) is 3.21. The fourth-order valence-corrected chi connectivity index (χ4v) is 1.81. The first kappa shape index (κ1) is 9.66. The molecule has 1 atom stereocenters. The van der Waals surface area contributed by atoms with E-state index in [1.165, 1.54) is 5.56 Å². The lowest BCUT2D eigenvalue weighted by Gasteiger charge is -2.18. The molecule has 1 aromatic carbocycles. The second-order valence-corrected chi connectivity index (χ2v) is 4.34. The molecule has 0 heterocycles. The highest BCUT2D eigenvalue weighted by molar-refractivity contribution is 5.26. The molecule has 2 N–H and O–H groups in total. The SMILES string of the molecule is Cc1ccc(C(F)C2(CN)CC2)cc1. The summed E-state index contributed by atoms with van der Waals surface area (Å²) in [5.74, 6) is 0. The van der Waals surface area contributed by atoms with Crippen LogP contribution in [0.1, 0.15) is 30.1 Å². The highest BCUT2D eigenvalue weighted by Crippen LogP contribution is 2.55. The summed E-state index contributed by atoms with van der Waals surface area (Å²) in [4.78, 5) is 0. The summed E-state index contributed by atoms with van der Waals surface area (Å²) in [6.07, 6.45) is 0.977. The van der Waals surface area contributed by atoms with Gasteiger partial charge in [-0.25, -0.2) is 4.39 Å². The number of hydrogen-bond acceptors (Lipinski definition) is 1. The summed E-state index contributed by atoms with van der Waals surface area (Å²) in [6, 6.07) is 7.65. The van der Waals surface area contributed by atoms with Gasteiger partial charge in [-0.05, 0) is 25.3 Å². The van der Waals surface area contributed by atoms with E-state index < -0.39 is 6.17 Å².